The highest BCUT2D eigenvalue weighted by molar-refractivity contribution is 5.74. The molecule has 0 aliphatic rings. The summed E-state index contributed by atoms with van der Waals surface area (Å²) in [6.07, 6.45) is 7.19. The summed E-state index contributed by atoms with van der Waals surface area (Å²) in [6.45, 7) is 1.03. The van der Waals surface area contributed by atoms with Gasteiger partial charge in [-0.25, -0.2) is 9.97 Å². The van der Waals surface area contributed by atoms with Crippen molar-refractivity contribution in [3.63, 3.8) is 0 Å². The lowest BCUT2D eigenvalue weighted by molar-refractivity contribution is 0.300. The third-order valence-corrected chi connectivity index (χ3v) is 3.35. The minimum absolute atomic E-state index is 0.461. The van der Waals surface area contributed by atoms with Crippen LogP contribution in [0.2, 0.25) is 0 Å². The molecule has 0 saturated carbocycles. The Balaban J connectivity index is 1.87. The smallest absolute Gasteiger partial charge is 0.226 e. The van der Waals surface area contributed by atoms with Crippen molar-refractivity contribution in [2.75, 3.05) is 25.6 Å². The molecule has 0 bridgehead atoms. The summed E-state index contributed by atoms with van der Waals surface area (Å²) in [6, 6.07) is 3.59. The van der Waals surface area contributed by atoms with Gasteiger partial charge in [-0.15, -0.1) is 0 Å². The molecule has 3 rings (SSSR count). The molecule has 3 aromatic heterocycles. The lowest BCUT2D eigenvalue weighted by Crippen LogP contribution is -2.07. The van der Waals surface area contributed by atoms with Crippen LogP contribution in [0.5, 0.6) is 11.6 Å². The quantitative estimate of drug-likeness (QED) is 0.529. The summed E-state index contributed by atoms with van der Waals surface area (Å²) in [4.78, 5) is 12.5. The topological polar surface area (TPSA) is 124 Å². The number of nitrogens with zero attached hydrogens (tertiary/aromatic N) is 4. The summed E-state index contributed by atoms with van der Waals surface area (Å²) in [5.74, 6) is 2.28. The number of nitrogens with two attached hydrogens (primary N) is 1. The fourth-order valence-electron chi connectivity index (χ4n) is 2.21. The molecule has 25 heavy (non-hydrogen) atoms. The number of methoxy groups -OCH3 is 1. The predicted molar refractivity (Wildman–Crippen MR) is 92.9 cm³/mol. The maximum absolute atomic E-state index is 5.74. The van der Waals surface area contributed by atoms with Gasteiger partial charge < -0.3 is 20.5 Å². The molecule has 0 spiro atoms. The molecule has 0 aromatic carbocycles. The SMILES string of the molecule is COc1ccnc(OCCCN)c1-c1cc(Nc2cnccn2)n[nH]1. The number of aromatic amines is 1. The van der Waals surface area contributed by atoms with Gasteiger partial charge in [-0.2, -0.15) is 5.10 Å². The molecule has 3 heterocycles. The Labute approximate surface area is 144 Å². The van der Waals surface area contributed by atoms with Gasteiger partial charge in [0.15, 0.2) is 5.82 Å². The first-order chi connectivity index (χ1) is 12.3. The van der Waals surface area contributed by atoms with Crippen LogP contribution in [0, 0.1) is 0 Å². The largest absolute Gasteiger partial charge is 0.496 e. The Hall–Kier alpha value is -3.20. The van der Waals surface area contributed by atoms with Crippen molar-refractivity contribution in [1.29, 1.82) is 0 Å². The number of ether oxygens (including phenoxy) is 2. The maximum Gasteiger partial charge on any atom is 0.226 e. The zero-order valence-electron chi connectivity index (χ0n) is 13.8. The number of pyridine rings is 1. The highest BCUT2D eigenvalue weighted by Crippen LogP contribution is 2.36. The van der Waals surface area contributed by atoms with Crippen LogP contribution in [0.15, 0.2) is 36.9 Å². The Morgan fingerprint density at radius 1 is 1.20 bits per heavy atom. The molecule has 0 saturated heterocycles. The molecule has 0 radical (unpaired) electrons. The lowest BCUT2D eigenvalue weighted by atomic mass is 10.2. The molecular weight excluding hydrogens is 322 g/mol. The summed E-state index contributed by atoms with van der Waals surface area (Å²) >= 11 is 0. The van der Waals surface area contributed by atoms with Crippen molar-refractivity contribution in [3.8, 4) is 22.9 Å². The zero-order valence-corrected chi connectivity index (χ0v) is 13.8. The molecule has 0 aliphatic carbocycles. The van der Waals surface area contributed by atoms with Crippen LogP contribution in [0.25, 0.3) is 11.3 Å². The molecule has 3 aromatic rings. The minimum Gasteiger partial charge on any atom is -0.496 e. The van der Waals surface area contributed by atoms with Gasteiger partial charge >= 0.3 is 0 Å². The minimum atomic E-state index is 0.461. The van der Waals surface area contributed by atoms with Gasteiger partial charge in [0.1, 0.15) is 17.1 Å². The van der Waals surface area contributed by atoms with E-state index in [0.29, 0.717) is 47.7 Å². The van der Waals surface area contributed by atoms with Gasteiger partial charge in [0.05, 0.1) is 25.6 Å². The fourth-order valence-corrected chi connectivity index (χ4v) is 2.21. The first-order valence-electron chi connectivity index (χ1n) is 7.76. The maximum atomic E-state index is 5.74. The third kappa shape index (κ3) is 4.01. The summed E-state index contributed by atoms with van der Waals surface area (Å²) in [7, 11) is 1.59. The van der Waals surface area contributed by atoms with E-state index in [1.165, 1.54) is 0 Å². The second kappa shape index (κ2) is 8.06. The number of hydrogen-bond acceptors (Lipinski definition) is 8. The van der Waals surface area contributed by atoms with Crippen LogP contribution in [0.4, 0.5) is 11.6 Å². The Bertz CT molecular complexity index is 807. The van der Waals surface area contributed by atoms with E-state index in [-0.39, 0.29) is 0 Å². The van der Waals surface area contributed by atoms with Crippen LogP contribution < -0.4 is 20.5 Å². The molecule has 0 amide bonds. The lowest BCUT2D eigenvalue weighted by Gasteiger charge is -2.12. The van der Waals surface area contributed by atoms with Crippen molar-refractivity contribution in [1.82, 2.24) is 25.1 Å². The van der Waals surface area contributed by atoms with Gasteiger partial charge in [0, 0.05) is 24.7 Å². The van der Waals surface area contributed by atoms with Gasteiger partial charge in [-0.3, -0.25) is 10.1 Å². The van der Waals surface area contributed by atoms with E-state index in [9.17, 15) is 0 Å². The average molecular weight is 341 g/mol. The van der Waals surface area contributed by atoms with Gasteiger partial charge in [-0.1, -0.05) is 0 Å². The molecule has 0 unspecified atom stereocenters. The van der Waals surface area contributed by atoms with Crippen LogP contribution in [-0.4, -0.2) is 45.4 Å². The highest BCUT2D eigenvalue weighted by Gasteiger charge is 2.17. The molecular formula is C16H19N7O2. The number of H-pyrrole nitrogens is 1. The second-order valence-electron chi connectivity index (χ2n) is 5.07. The monoisotopic (exact) mass is 341 g/mol. The molecule has 0 atom stereocenters. The van der Waals surface area contributed by atoms with Crippen molar-refractivity contribution in [2.24, 2.45) is 5.73 Å². The molecule has 4 N–H and O–H groups in total. The van der Waals surface area contributed by atoms with E-state index < -0.39 is 0 Å². The van der Waals surface area contributed by atoms with Crippen LogP contribution >= 0.6 is 0 Å². The summed E-state index contributed by atoms with van der Waals surface area (Å²) in [5.41, 5.74) is 6.92. The average Bonchev–Trinajstić information content (AvgIpc) is 3.10. The number of aromatic nitrogens is 5. The molecule has 0 fully saturated rings. The number of rotatable bonds is 8. The standard InChI is InChI=1S/C16H19N7O2/c1-24-12-3-5-20-16(25-8-2-4-17)15(12)11-9-13(23-22-11)21-14-10-18-6-7-19-14/h3,5-7,9-10H,2,4,8,17H2,1H3,(H2,19,21,22,23). The van der Waals surface area contributed by atoms with Crippen LogP contribution in [0.3, 0.4) is 0 Å². The van der Waals surface area contributed by atoms with E-state index in [4.69, 9.17) is 15.2 Å². The Kier molecular flexibility index (Phi) is 5.37. The normalized spacial score (nSPS) is 10.5. The van der Waals surface area contributed by atoms with E-state index >= 15 is 0 Å². The molecule has 0 aliphatic heterocycles. The summed E-state index contributed by atoms with van der Waals surface area (Å²) in [5, 5.41) is 10.3. The van der Waals surface area contributed by atoms with Crippen LogP contribution in [-0.2, 0) is 0 Å². The molecule has 9 nitrogen and oxygen atoms in total. The van der Waals surface area contributed by atoms with Gasteiger partial charge in [-0.05, 0) is 19.0 Å². The number of anilines is 2. The fraction of sp³-hybridized carbons (Fsp3) is 0.250. The van der Waals surface area contributed by atoms with Crippen LogP contribution in [0.1, 0.15) is 6.42 Å². The Morgan fingerprint density at radius 3 is 2.88 bits per heavy atom. The van der Waals surface area contributed by atoms with Crippen molar-refractivity contribution in [3.05, 3.63) is 36.9 Å². The zero-order chi connectivity index (χ0) is 17.5. The van der Waals surface area contributed by atoms with Crippen molar-refractivity contribution < 1.29 is 9.47 Å². The number of hydrogen-bond donors (Lipinski definition) is 3. The van der Waals surface area contributed by atoms with E-state index in [1.54, 1.807) is 38.0 Å². The predicted octanol–water partition coefficient (Wildman–Crippen LogP) is 1.74. The molecule has 130 valence electrons. The summed E-state index contributed by atoms with van der Waals surface area (Å²) < 4.78 is 11.2. The van der Waals surface area contributed by atoms with E-state index in [0.717, 1.165) is 6.42 Å². The van der Waals surface area contributed by atoms with Gasteiger partial charge in [0.2, 0.25) is 5.88 Å². The Morgan fingerprint density at radius 2 is 2.12 bits per heavy atom. The second-order valence-corrected chi connectivity index (χ2v) is 5.07. The van der Waals surface area contributed by atoms with Crippen molar-refractivity contribution in [2.45, 2.75) is 6.42 Å². The third-order valence-electron chi connectivity index (χ3n) is 3.35. The molecule has 9 heteroatoms. The van der Waals surface area contributed by atoms with E-state index in [1.807, 2.05) is 6.07 Å². The first kappa shape index (κ1) is 16.7. The van der Waals surface area contributed by atoms with E-state index in [2.05, 4.69) is 30.5 Å². The first-order valence-corrected chi connectivity index (χ1v) is 7.76. The van der Waals surface area contributed by atoms with Crippen molar-refractivity contribution >= 4 is 11.6 Å². The highest BCUT2D eigenvalue weighted by atomic mass is 16.5. The van der Waals surface area contributed by atoms with Gasteiger partial charge in [0.25, 0.3) is 0 Å². The number of nitrogens with one attached hydrogen (secondary N) is 2.